The van der Waals surface area contributed by atoms with Crippen molar-refractivity contribution in [1.29, 1.82) is 0 Å². The van der Waals surface area contributed by atoms with Gasteiger partial charge in [-0.2, -0.15) is 0 Å². The minimum atomic E-state index is 0.793. The molecule has 0 spiro atoms. The molecule has 3 nitrogen and oxygen atoms in total. The SMILES string of the molecule is CCCCCCCCCCCCCCCCCCN1CCCCC1CCn1ccnc1C. The van der Waals surface area contributed by atoms with Crippen LogP contribution in [0.2, 0.25) is 0 Å². The Labute approximate surface area is 200 Å². The third kappa shape index (κ3) is 12.4. The van der Waals surface area contributed by atoms with E-state index in [1.165, 1.54) is 142 Å². The van der Waals surface area contributed by atoms with Crippen molar-refractivity contribution in [2.24, 2.45) is 0 Å². The molecule has 1 unspecified atom stereocenters. The van der Waals surface area contributed by atoms with Crippen LogP contribution in [0.15, 0.2) is 12.4 Å². The zero-order chi connectivity index (χ0) is 22.7. The van der Waals surface area contributed by atoms with Crippen LogP contribution in [-0.4, -0.2) is 33.6 Å². The summed E-state index contributed by atoms with van der Waals surface area (Å²) in [6, 6.07) is 0.793. The molecule has 0 bridgehead atoms. The summed E-state index contributed by atoms with van der Waals surface area (Å²) >= 11 is 0. The van der Waals surface area contributed by atoms with Crippen LogP contribution in [0.5, 0.6) is 0 Å². The minimum absolute atomic E-state index is 0.793. The van der Waals surface area contributed by atoms with Gasteiger partial charge in [-0.05, 0) is 45.7 Å². The number of hydrogen-bond acceptors (Lipinski definition) is 2. The van der Waals surface area contributed by atoms with Crippen molar-refractivity contribution in [2.45, 2.75) is 155 Å². The molecule has 1 aromatic heterocycles. The van der Waals surface area contributed by atoms with Gasteiger partial charge in [0, 0.05) is 25.0 Å². The Morgan fingerprint density at radius 3 is 1.84 bits per heavy atom. The van der Waals surface area contributed by atoms with Gasteiger partial charge in [0.15, 0.2) is 0 Å². The molecule has 1 aliphatic rings. The first-order valence-corrected chi connectivity index (χ1v) is 14.5. The molecule has 32 heavy (non-hydrogen) atoms. The van der Waals surface area contributed by atoms with Gasteiger partial charge >= 0.3 is 0 Å². The lowest BCUT2D eigenvalue weighted by Gasteiger charge is -2.36. The monoisotopic (exact) mass is 445 g/mol. The second kappa shape index (κ2) is 18.6. The average Bonchev–Trinajstić information content (AvgIpc) is 3.22. The molecule has 1 fully saturated rings. The molecule has 1 aromatic rings. The number of rotatable bonds is 20. The smallest absolute Gasteiger partial charge is 0.105 e. The van der Waals surface area contributed by atoms with Crippen LogP contribution in [0.3, 0.4) is 0 Å². The van der Waals surface area contributed by atoms with Gasteiger partial charge in [0.25, 0.3) is 0 Å². The number of aromatic nitrogens is 2. The summed E-state index contributed by atoms with van der Waals surface area (Å²) in [5.41, 5.74) is 0. The molecule has 1 saturated heterocycles. The van der Waals surface area contributed by atoms with Gasteiger partial charge in [0.1, 0.15) is 5.82 Å². The zero-order valence-electron chi connectivity index (χ0n) is 21.8. The molecule has 1 aliphatic heterocycles. The molecule has 0 amide bonds. The number of unbranched alkanes of at least 4 members (excludes halogenated alkanes) is 15. The molecule has 0 saturated carbocycles. The highest BCUT2D eigenvalue weighted by atomic mass is 15.2. The Balaban J connectivity index is 1.38. The lowest BCUT2D eigenvalue weighted by Crippen LogP contribution is -2.40. The van der Waals surface area contributed by atoms with E-state index in [1.54, 1.807) is 0 Å². The third-order valence-electron chi connectivity index (χ3n) is 7.67. The number of nitrogens with zero attached hydrogens (tertiary/aromatic N) is 3. The van der Waals surface area contributed by atoms with E-state index in [1.807, 2.05) is 6.20 Å². The number of piperidine rings is 1. The third-order valence-corrected chi connectivity index (χ3v) is 7.67. The molecule has 2 rings (SSSR count). The highest BCUT2D eigenvalue weighted by molar-refractivity contribution is 4.89. The van der Waals surface area contributed by atoms with Crippen LogP contribution in [0, 0.1) is 6.92 Å². The van der Waals surface area contributed by atoms with Crippen LogP contribution in [0.25, 0.3) is 0 Å². The maximum absolute atomic E-state index is 4.37. The van der Waals surface area contributed by atoms with E-state index >= 15 is 0 Å². The van der Waals surface area contributed by atoms with Crippen molar-refractivity contribution in [1.82, 2.24) is 14.5 Å². The highest BCUT2D eigenvalue weighted by Crippen LogP contribution is 2.21. The van der Waals surface area contributed by atoms with Crippen LogP contribution in [0.4, 0.5) is 0 Å². The molecule has 0 radical (unpaired) electrons. The quantitative estimate of drug-likeness (QED) is 0.187. The standard InChI is InChI=1S/C29H55N3/c1-3-4-5-6-7-8-9-10-11-12-13-14-15-16-17-19-24-32-25-20-18-21-29(32)22-26-31-27-23-30-28(31)2/h23,27,29H,3-22,24-26H2,1-2H3. The second-order valence-electron chi connectivity index (χ2n) is 10.4. The van der Waals surface area contributed by atoms with Gasteiger partial charge in [-0.1, -0.05) is 110 Å². The predicted molar refractivity (Wildman–Crippen MR) is 140 cm³/mol. The Kier molecular flexibility index (Phi) is 15.9. The molecular weight excluding hydrogens is 390 g/mol. The Morgan fingerprint density at radius 2 is 1.31 bits per heavy atom. The van der Waals surface area contributed by atoms with Crippen LogP contribution >= 0.6 is 0 Å². The van der Waals surface area contributed by atoms with Gasteiger partial charge in [0.2, 0.25) is 0 Å². The van der Waals surface area contributed by atoms with Crippen molar-refractivity contribution in [2.75, 3.05) is 13.1 Å². The van der Waals surface area contributed by atoms with E-state index < -0.39 is 0 Å². The van der Waals surface area contributed by atoms with Crippen LogP contribution in [0.1, 0.15) is 141 Å². The zero-order valence-corrected chi connectivity index (χ0v) is 21.8. The van der Waals surface area contributed by atoms with Crippen molar-refractivity contribution in [3.05, 3.63) is 18.2 Å². The maximum Gasteiger partial charge on any atom is 0.105 e. The van der Waals surface area contributed by atoms with E-state index in [9.17, 15) is 0 Å². The number of hydrogen-bond donors (Lipinski definition) is 0. The number of imidazole rings is 1. The first kappa shape index (κ1) is 27.4. The van der Waals surface area contributed by atoms with E-state index in [4.69, 9.17) is 0 Å². The number of likely N-dealkylation sites (tertiary alicyclic amines) is 1. The topological polar surface area (TPSA) is 21.1 Å². The summed E-state index contributed by atoms with van der Waals surface area (Å²) in [7, 11) is 0. The molecule has 1 atom stereocenters. The molecule has 0 aliphatic carbocycles. The van der Waals surface area contributed by atoms with Gasteiger partial charge < -0.3 is 9.47 Å². The van der Waals surface area contributed by atoms with E-state index in [-0.39, 0.29) is 0 Å². The summed E-state index contributed by atoms with van der Waals surface area (Å²) in [5.74, 6) is 1.16. The first-order chi connectivity index (χ1) is 15.8. The fraction of sp³-hybridized carbons (Fsp3) is 0.897. The molecule has 3 heteroatoms. The summed E-state index contributed by atoms with van der Waals surface area (Å²) in [6.07, 6.45) is 32.8. The van der Waals surface area contributed by atoms with Gasteiger partial charge in [-0.15, -0.1) is 0 Å². The van der Waals surface area contributed by atoms with Gasteiger partial charge in [0.05, 0.1) is 0 Å². The highest BCUT2D eigenvalue weighted by Gasteiger charge is 2.21. The van der Waals surface area contributed by atoms with E-state index in [0.29, 0.717) is 0 Å². The van der Waals surface area contributed by atoms with Crippen molar-refractivity contribution in [3.63, 3.8) is 0 Å². The predicted octanol–water partition coefficient (Wildman–Crippen LogP) is 8.70. The lowest BCUT2D eigenvalue weighted by atomic mass is 9.98. The molecular formula is C29H55N3. The normalized spacial score (nSPS) is 17.2. The maximum atomic E-state index is 4.37. The van der Waals surface area contributed by atoms with Crippen molar-refractivity contribution < 1.29 is 0 Å². The number of aryl methyl sites for hydroxylation is 2. The molecule has 186 valence electrons. The molecule has 0 aromatic carbocycles. The van der Waals surface area contributed by atoms with Crippen molar-refractivity contribution >= 4 is 0 Å². The largest absolute Gasteiger partial charge is 0.335 e. The summed E-state index contributed by atoms with van der Waals surface area (Å²) in [4.78, 5) is 7.18. The van der Waals surface area contributed by atoms with E-state index in [2.05, 4.69) is 34.5 Å². The Bertz CT molecular complexity index is 538. The van der Waals surface area contributed by atoms with Crippen LogP contribution < -0.4 is 0 Å². The minimum Gasteiger partial charge on any atom is -0.335 e. The first-order valence-electron chi connectivity index (χ1n) is 14.5. The Hall–Kier alpha value is -0.830. The van der Waals surface area contributed by atoms with Gasteiger partial charge in [-0.3, -0.25) is 0 Å². The Morgan fingerprint density at radius 1 is 0.750 bits per heavy atom. The average molecular weight is 446 g/mol. The van der Waals surface area contributed by atoms with E-state index in [0.717, 1.165) is 18.4 Å². The molecule has 2 heterocycles. The van der Waals surface area contributed by atoms with Gasteiger partial charge in [-0.25, -0.2) is 4.98 Å². The molecule has 0 N–H and O–H groups in total. The lowest BCUT2D eigenvalue weighted by molar-refractivity contribution is 0.133. The van der Waals surface area contributed by atoms with Crippen LogP contribution in [-0.2, 0) is 6.54 Å². The summed E-state index contributed by atoms with van der Waals surface area (Å²) in [6.45, 7) is 8.21. The fourth-order valence-corrected chi connectivity index (χ4v) is 5.47. The summed E-state index contributed by atoms with van der Waals surface area (Å²) < 4.78 is 2.32. The summed E-state index contributed by atoms with van der Waals surface area (Å²) in [5, 5.41) is 0. The second-order valence-corrected chi connectivity index (χ2v) is 10.4. The fourth-order valence-electron chi connectivity index (χ4n) is 5.47. The van der Waals surface area contributed by atoms with Crippen molar-refractivity contribution in [3.8, 4) is 0 Å².